The molecule has 0 aliphatic carbocycles. The number of likely N-dealkylation sites (tertiary alicyclic amines) is 1. The van der Waals surface area contributed by atoms with Crippen LogP contribution in [0.15, 0.2) is 24.3 Å². The Bertz CT molecular complexity index is 822. The molecule has 1 fully saturated rings. The first-order valence-electron chi connectivity index (χ1n) is 8.96. The van der Waals surface area contributed by atoms with Crippen molar-refractivity contribution in [1.82, 2.24) is 9.47 Å². The fourth-order valence-corrected chi connectivity index (χ4v) is 3.73. The van der Waals surface area contributed by atoms with E-state index < -0.39 is 31.9 Å². The largest absolute Gasteiger partial charge is 0.406 e. The van der Waals surface area contributed by atoms with Gasteiger partial charge in [0.1, 0.15) is 12.7 Å². The van der Waals surface area contributed by atoms with Crippen LogP contribution in [0.5, 0.6) is 0 Å². The first-order chi connectivity index (χ1) is 12.5. The molecule has 1 aromatic heterocycles. The molecule has 2 heterocycles. The van der Waals surface area contributed by atoms with Crippen molar-refractivity contribution in [2.24, 2.45) is 0 Å². The summed E-state index contributed by atoms with van der Waals surface area (Å²) in [5.74, 6) is 0. The van der Waals surface area contributed by atoms with Gasteiger partial charge in [-0.1, -0.05) is 6.07 Å². The number of nitrogens with one attached hydrogen (secondary N) is 1. The Balaban J connectivity index is 1.83. The summed E-state index contributed by atoms with van der Waals surface area (Å²) >= 11 is 1.85. The van der Waals surface area contributed by atoms with E-state index in [4.69, 9.17) is 4.11 Å². The molecule has 0 amide bonds. The van der Waals surface area contributed by atoms with Gasteiger partial charge < -0.3 is 14.8 Å². The summed E-state index contributed by atoms with van der Waals surface area (Å²) in [7, 11) is 0. The van der Waals surface area contributed by atoms with Crippen molar-refractivity contribution in [2.75, 3.05) is 25.4 Å². The fourth-order valence-electron chi connectivity index (χ4n) is 2.99. The SMILES string of the molecule is [2H]C([2H])([2H])N1CC[C@H](Nc2cccc3c2cc(I)n3CC(F)(F)F)[C@H](F)C1. The molecule has 3 nitrogen and oxygen atoms in total. The van der Waals surface area contributed by atoms with E-state index in [1.54, 1.807) is 24.3 Å². The smallest absolute Gasteiger partial charge is 0.379 e. The maximum atomic E-state index is 14.5. The minimum Gasteiger partial charge on any atom is -0.379 e. The number of alkyl halides is 4. The Labute approximate surface area is 155 Å². The van der Waals surface area contributed by atoms with Crippen molar-refractivity contribution in [3.05, 3.63) is 28.0 Å². The van der Waals surface area contributed by atoms with Crippen LogP contribution in [0, 0.1) is 3.70 Å². The van der Waals surface area contributed by atoms with Gasteiger partial charge in [0.15, 0.2) is 0 Å². The molecule has 2 aromatic rings. The topological polar surface area (TPSA) is 20.2 Å². The van der Waals surface area contributed by atoms with E-state index in [1.807, 2.05) is 22.6 Å². The third-order valence-electron chi connectivity index (χ3n) is 4.11. The van der Waals surface area contributed by atoms with Crippen LogP contribution in [-0.2, 0) is 6.54 Å². The van der Waals surface area contributed by atoms with E-state index in [0.717, 1.165) is 4.90 Å². The van der Waals surface area contributed by atoms with Gasteiger partial charge >= 0.3 is 6.18 Å². The Morgan fingerprint density at radius 3 is 2.88 bits per heavy atom. The molecule has 0 unspecified atom stereocenters. The van der Waals surface area contributed by atoms with E-state index in [1.165, 1.54) is 4.57 Å². The Morgan fingerprint density at radius 1 is 1.42 bits per heavy atom. The number of rotatable bonds is 3. The summed E-state index contributed by atoms with van der Waals surface area (Å²) in [6, 6.07) is 5.95. The van der Waals surface area contributed by atoms with Crippen LogP contribution in [0.4, 0.5) is 23.2 Å². The summed E-state index contributed by atoms with van der Waals surface area (Å²) < 4.78 is 76.8. The van der Waals surface area contributed by atoms with Gasteiger partial charge in [-0.15, -0.1) is 0 Å². The molecule has 1 saturated heterocycles. The maximum Gasteiger partial charge on any atom is 0.406 e. The molecule has 0 bridgehead atoms. The molecule has 24 heavy (non-hydrogen) atoms. The molecule has 0 radical (unpaired) electrons. The van der Waals surface area contributed by atoms with Crippen LogP contribution < -0.4 is 5.32 Å². The molecule has 1 aliphatic rings. The number of piperidine rings is 1. The van der Waals surface area contributed by atoms with Gasteiger partial charge in [0.2, 0.25) is 0 Å². The summed E-state index contributed by atoms with van der Waals surface area (Å²) in [6.45, 7) is -3.42. The monoisotopic (exact) mass is 458 g/mol. The molecular weight excluding hydrogens is 437 g/mol. The number of hydrogen-bond donors (Lipinski definition) is 1. The fraction of sp³-hybridized carbons (Fsp3) is 0.500. The maximum absolute atomic E-state index is 14.5. The lowest BCUT2D eigenvalue weighted by Gasteiger charge is -2.33. The first kappa shape index (κ1) is 14.2. The van der Waals surface area contributed by atoms with Gasteiger partial charge in [-0.25, -0.2) is 4.39 Å². The Morgan fingerprint density at radius 2 is 2.21 bits per heavy atom. The zero-order chi connectivity index (χ0) is 20.0. The average molecular weight is 458 g/mol. The average Bonchev–Trinajstić information content (AvgIpc) is 2.84. The Hall–Kier alpha value is -1.03. The molecule has 1 aromatic carbocycles. The second-order valence-corrected chi connectivity index (χ2v) is 7.01. The van der Waals surface area contributed by atoms with Crippen LogP contribution >= 0.6 is 22.6 Å². The first-order valence-corrected chi connectivity index (χ1v) is 8.54. The van der Waals surface area contributed by atoms with Crippen molar-refractivity contribution < 1.29 is 21.7 Å². The highest BCUT2D eigenvalue weighted by molar-refractivity contribution is 14.1. The van der Waals surface area contributed by atoms with Crippen LogP contribution in [0.3, 0.4) is 0 Å². The van der Waals surface area contributed by atoms with E-state index in [2.05, 4.69) is 5.32 Å². The van der Waals surface area contributed by atoms with E-state index in [0.29, 0.717) is 20.3 Å². The van der Waals surface area contributed by atoms with Gasteiger partial charge in [0.25, 0.3) is 0 Å². The number of nitrogens with zero attached hydrogens (tertiary/aromatic N) is 2. The van der Waals surface area contributed by atoms with E-state index in [9.17, 15) is 17.6 Å². The highest BCUT2D eigenvalue weighted by Crippen LogP contribution is 2.32. The summed E-state index contributed by atoms with van der Waals surface area (Å²) in [4.78, 5) is 1.12. The Kier molecular flexibility index (Phi) is 3.96. The van der Waals surface area contributed by atoms with Gasteiger partial charge in [0, 0.05) is 28.3 Å². The summed E-state index contributed by atoms with van der Waals surface area (Å²) in [5, 5.41) is 3.65. The van der Waals surface area contributed by atoms with Crippen molar-refractivity contribution in [3.63, 3.8) is 0 Å². The van der Waals surface area contributed by atoms with Crippen LogP contribution in [0.1, 0.15) is 10.5 Å². The third-order valence-corrected chi connectivity index (χ3v) is 5.01. The van der Waals surface area contributed by atoms with Gasteiger partial charge in [-0.2, -0.15) is 13.2 Å². The number of halogens is 5. The predicted molar refractivity (Wildman–Crippen MR) is 95.1 cm³/mol. The summed E-state index contributed by atoms with van der Waals surface area (Å²) in [6.07, 6.45) is -5.46. The van der Waals surface area contributed by atoms with Crippen molar-refractivity contribution in [3.8, 4) is 0 Å². The van der Waals surface area contributed by atoms with Crippen LogP contribution in [0.25, 0.3) is 10.9 Å². The number of fused-ring (bicyclic) bond motifs is 1. The second-order valence-electron chi connectivity index (χ2n) is 5.91. The highest BCUT2D eigenvalue weighted by Gasteiger charge is 2.30. The predicted octanol–water partition coefficient (Wildman–Crippen LogP) is 4.26. The third kappa shape index (κ3) is 3.79. The van der Waals surface area contributed by atoms with Crippen molar-refractivity contribution in [2.45, 2.75) is 31.4 Å². The van der Waals surface area contributed by atoms with Gasteiger partial charge in [0.05, 0.1) is 15.3 Å². The van der Waals surface area contributed by atoms with Crippen molar-refractivity contribution in [1.29, 1.82) is 0 Å². The zero-order valence-corrected chi connectivity index (χ0v) is 14.7. The molecule has 132 valence electrons. The van der Waals surface area contributed by atoms with Gasteiger partial charge in [-0.3, -0.25) is 0 Å². The number of benzene rings is 1. The molecule has 2 atom stereocenters. The van der Waals surface area contributed by atoms with Crippen molar-refractivity contribution >= 4 is 39.2 Å². The minimum atomic E-state index is -4.35. The standard InChI is InChI=1S/C16H18F4IN3/c1-23-6-5-13(11(17)8-23)22-12-3-2-4-14-10(12)7-15(21)24(14)9-16(18,19)20/h2-4,7,11,13,22H,5-6,8-9H2,1H3/t11-,13+/m1/s1/i1D3. The van der Waals surface area contributed by atoms with Gasteiger partial charge in [-0.05, 0) is 54.2 Å². The lowest BCUT2D eigenvalue weighted by atomic mass is 10.0. The highest BCUT2D eigenvalue weighted by atomic mass is 127. The lowest BCUT2D eigenvalue weighted by Crippen LogP contribution is -2.46. The molecule has 3 rings (SSSR count). The van der Waals surface area contributed by atoms with E-state index >= 15 is 0 Å². The normalized spacial score (nSPS) is 25.3. The molecule has 8 heteroatoms. The zero-order valence-electron chi connectivity index (χ0n) is 15.6. The molecule has 1 N–H and O–H groups in total. The quantitative estimate of drug-likeness (QED) is 0.548. The molecule has 0 saturated carbocycles. The number of aromatic nitrogens is 1. The van der Waals surface area contributed by atoms with Crippen LogP contribution in [-0.4, -0.2) is 47.9 Å². The van der Waals surface area contributed by atoms with Crippen LogP contribution in [0.2, 0.25) is 0 Å². The lowest BCUT2D eigenvalue weighted by molar-refractivity contribution is -0.140. The number of anilines is 1. The molecular formula is C16H18F4IN3. The van der Waals surface area contributed by atoms with E-state index in [-0.39, 0.29) is 19.5 Å². The molecule has 1 aliphatic heterocycles. The second kappa shape index (κ2) is 6.70. The molecule has 0 spiro atoms. The minimum absolute atomic E-state index is 0.212. The summed E-state index contributed by atoms with van der Waals surface area (Å²) in [5.41, 5.74) is 0.957. The number of hydrogen-bond acceptors (Lipinski definition) is 2.